The van der Waals surface area contributed by atoms with Crippen molar-refractivity contribution in [2.75, 3.05) is 6.61 Å². The highest BCUT2D eigenvalue weighted by Crippen LogP contribution is 2.17. The molecule has 17 heavy (non-hydrogen) atoms. The molecule has 0 aliphatic carbocycles. The highest BCUT2D eigenvalue weighted by atomic mass is 35.5. The number of ether oxygens (including phenoxy) is 1. The van der Waals surface area contributed by atoms with E-state index < -0.39 is 0 Å². The Morgan fingerprint density at radius 1 is 1.24 bits per heavy atom. The fraction of sp³-hybridized carbons (Fsp3) is 0.308. The van der Waals surface area contributed by atoms with Crippen LogP contribution >= 0.6 is 0 Å². The quantitative estimate of drug-likeness (QED) is 0.586. The van der Waals surface area contributed by atoms with Crippen molar-refractivity contribution in [3.05, 3.63) is 42.1 Å². The molecule has 0 saturated heterocycles. The molecule has 3 rings (SSSR count). The molecule has 0 N–H and O–H groups in total. The van der Waals surface area contributed by atoms with Crippen LogP contribution in [0.3, 0.4) is 0 Å². The number of hydrogen-bond donors (Lipinski definition) is 0. The third-order valence-electron chi connectivity index (χ3n) is 2.93. The number of nitrogens with zero attached hydrogens (tertiary/aromatic N) is 2. The van der Waals surface area contributed by atoms with E-state index in [4.69, 9.17) is 4.74 Å². The summed E-state index contributed by atoms with van der Waals surface area (Å²) in [5.41, 5.74) is 2.40. The molecule has 4 heteroatoms. The highest BCUT2D eigenvalue weighted by molar-refractivity contribution is 5.31. The molecule has 0 fully saturated rings. The summed E-state index contributed by atoms with van der Waals surface area (Å²) >= 11 is 0. The molecule has 1 aromatic carbocycles. The summed E-state index contributed by atoms with van der Waals surface area (Å²) in [4.78, 5) is 0. The Kier molecular flexibility index (Phi) is 3.38. The molecule has 0 spiro atoms. The van der Waals surface area contributed by atoms with Crippen LogP contribution in [0.25, 0.3) is 5.69 Å². The Morgan fingerprint density at radius 2 is 2.00 bits per heavy atom. The molecule has 0 radical (unpaired) electrons. The predicted molar refractivity (Wildman–Crippen MR) is 60.8 cm³/mol. The number of hydrogen-bond acceptors (Lipinski definition) is 1. The number of fused-ring (bicyclic) bond motifs is 1. The van der Waals surface area contributed by atoms with Crippen LogP contribution in [-0.4, -0.2) is 11.3 Å². The third-order valence-corrected chi connectivity index (χ3v) is 2.93. The van der Waals surface area contributed by atoms with Gasteiger partial charge in [-0.2, -0.15) is 0 Å². The van der Waals surface area contributed by atoms with E-state index in [1.165, 1.54) is 11.4 Å². The Balaban J connectivity index is 0.00000108. The zero-order valence-electron chi connectivity index (χ0n) is 9.77. The molecular weight excluding hydrogens is 236 g/mol. The zero-order chi connectivity index (χ0) is 11.0. The summed E-state index contributed by atoms with van der Waals surface area (Å²) in [7, 11) is 0. The fourth-order valence-electron chi connectivity index (χ4n) is 2.23. The van der Waals surface area contributed by atoms with Gasteiger partial charge in [-0.05, 0) is 19.1 Å². The van der Waals surface area contributed by atoms with E-state index in [1.807, 2.05) is 6.07 Å². The third kappa shape index (κ3) is 2.03. The molecule has 0 amide bonds. The highest BCUT2D eigenvalue weighted by Gasteiger charge is 2.26. The Morgan fingerprint density at radius 3 is 2.76 bits per heavy atom. The lowest BCUT2D eigenvalue weighted by Gasteiger charge is -2.10. The number of benzene rings is 1. The van der Waals surface area contributed by atoms with Crippen molar-refractivity contribution in [2.45, 2.75) is 19.9 Å². The maximum absolute atomic E-state index is 5.65. The summed E-state index contributed by atoms with van der Waals surface area (Å²) in [6.07, 6.45) is 1.08. The first-order valence-electron chi connectivity index (χ1n) is 5.67. The number of aryl methyl sites for hydroxylation is 1. The minimum atomic E-state index is 0. The maximum atomic E-state index is 5.65. The van der Waals surface area contributed by atoms with E-state index in [9.17, 15) is 0 Å². The van der Waals surface area contributed by atoms with Gasteiger partial charge in [0.1, 0.15) is 12.3 Å². The Hall–Kier alpha value is -1.48. The van der Waals surface area contributed by atoms with Crippen LogP contribution in [0.15, 0.2) is 36.4 Å². The van der Waals surface area contributed by atoms with Crippen molar-refractivity contribution in [1.82, 2.24) is 4.68 Å². The van der Waals surface area contributed by atoms with Crippen molar-refractivity contribution in [3.63, 3.8) is 0 Å². The van der Waals surface area contributed by atoms with Crippen molar-refractivity contribution >= 4 is 0 Å². The van der Waals surface area contributed by atoms with Gasteiger partial charge in [-0.1, -0.05) is 22.9 Å². The van der Waals surface area contributed by atoms with Gasteiger partial charge in [0.15, 0.2) is 6.54 Å². The average Bonchev–Trinajstić information content (AvgIpc) is 2.66. The van der Waals surface area contributed by atoms with Crippen LogP contribution in [-0.2, 0) is 6.54 Å². The first kappa shape index (κ1) is 12.0. The molecule has 0 unspecified atom stereocenters. The summed E-state index contributed by atoms with van der Waals surface area (Å²) in [5.74, 6) is 0.979. The Bertz CT molecular complexity index is 508. The number of halogens is 1. The summed E-state index contributed by atoms with van der Waals surface area (Å²) in [5, 5.41) is 0. The Labute approximate surface area is 107 Å². The van der Waals surface area contributed by atoms with E-state index in [0.29, 0.717) is 0 Å². The topological polar surface area (TPSA) is 18.0 Å². The molecular formula is C13H15ClN2O. The lowest BCUT2D eigenvalue weighted by molar-refractivity contribution is -0.777. The van der Waals surface area contributed by atoms with E-state index in [2.05, 4.69) is 46.6 Å². The maximum Gasteiger partial charge on any atom is 0.393 e. The van der Waals surface area contributed by atoms with Crippen LogP contribution in [0.5, 0.6) is 5.88 Å². The minimum Gasteiger partial charge on any atom is -1.00 e. The van der Waals surface area contributed by atoms with E-state index >= 15 is 0 Å². The molecule has 90 valence electrons. The van der Waals surface area contributed by atoms with Crippen LogP contribution < -0.4 is 21.8 Å². The van der Waals surface area contributed by atoms with Crippen LogP contribution in [0.4, 0.5) is 0 Å². The lowest BCUT2D eigenvalue weighted by atomic mass is 10.3. The monoisotopic (exact) mass is 250 g/mol. The largest absolute Gasteiger partial charge is 1.00 e. The van der Waals surface area contributed by atoms with Crippen molar-refractivity contribution in [1.29, 1.82) is 0 Å². The van der Waals surface area contributed by atoms with Gasteiger partial charge in [-0.25, -0.2) is 0 Å². The summed E-state index contributed by atoms with van der Waals surface area (Å²) in [6, 6.07) is 12.5. The second-order valence-electron chi connectivity index (χ2n) is 4.10. The van der Waals surface area contributed by atoms with E-state index in [-0.39, 0.29) is 12.4 Å². The van der Waals surface area contributed by atoms with Gasteiger partial charge in [-0.3, -0.25) is 0 Å². The number of rotatable bonds is 1. The number of para-hydroxylation sites is 1. The standard InChI is InChI=1S/C13H15N2O.ClH/c1-11-10-13-14(8-5-9-16-13)15(11)12-6-3-2-4-7-12;/h2-4,6-7,10H,5,8-9H2,1H3;1H/q+1;/p-1. The second kappa shape index (κ2) is 4.80. The first-order chi connectivity index (χ1) is 7.86. The summed E-state index contributed by atoms with van der Waals surface area (Å²) < 4.78 is 10.1. The van der Waals surface area contributed by atoms with Crippen molar-refractivity contribution in [2.24, 2.45) is 0 Å². The molecule has 2 heterocycles. The SMILES string of the molecule is Cc1cc2[n+](n1-c1ccccc1)CCCO2.[Cl-]. The fourth-order valence-corrected chi connectivity index (χ4v) is 2.23. The molecule has 2 aromatic rings. The van der Waals surface area contributed by atoms with Gasteiger partial charge >= 0.3 is 5.88 Å². The molecule has 1 aliphatic heterocycles. The molecule has 0 saturated carbocycles. The van der Waals surface area contributed by atoms with Crippen LogP contribution in [0, 0.1) is 6.92 Å². The van der Waals surface area contributed by atoms with Gasteiger partial charge in [0.2, 0.25) is 0 Å². The molecule has 1 aliphatic rings. The predicted octanol–water partition coefficient (Wildman–Crippen LogP) is -1.14. The van der Waals surface area contributed by atoms with Crippen molar-refractivity contribution < 1.29 is 21.8 Å². The molecule has 0 bridgehead atoms. The smallest absolute Gasteiger partial charge is 0.393 e. The average molecular weight is 251 g/mol. The zero-order valence-corrected chi connectivity index (χ0v) is 10.5. The van der Waals surface area contributed by atoms with Crippen molar-refractivity contribution in [3.8, 4) is 11.6 Å². The summed E-state index contributed by atoms with van der Waals surface area (Å²) in [6.45, 7) is 3.97. The van der Waals surface area contributed by atoms with E-state index in [1.54, 1.807) is 0 Å². The van der Waals surface area contributed by atoms with Gasteiger partial charge in [-0.15, -0.1) is 4.68 Å². The minimum absolute atomic E-state index is 0. The normalized spacial score (nSPS) is 13.5. The first-order valence-corrected chi connectivity index (χ1v) is 5.67. The molecule has 3 nitrogen and oxygen atoms in total. The second-order valence-corrected chi connectivity index (χ2v) is 4.10. The molecule has 0 atom stereocenters. The van der Waals surface area contributed by atoms with Crippen LogP contribution in [0.1, 0.15) is 12.1 Å². The number of aromatic nitrogens is 2. The van der Waals surface area contributed by atoms with Crippen LogP contribution in [0.2, 0.25) is 0 Å². The van der Waals surface area contributed by atoms with Gasteiger partial charge in [0.25, 0.3) is 0 Å². The van der Waals surface area contributed by atoms with Gasteiger partial charge < -0.3 is 17.1 Å². The van der Waals surface area contributed by atoms with E-state index in [0.717, 1.165) is 25.5 Å². The molecule has 1 aromatic heterocycles. The lowest BCUT2D eigenvalue weighted by Crippen LogP contribution is -3.00. The van der Waals surface area contributed by atoms with Gasteiger partial charge in [0.05, 0.1) is 11.8 Å². The van der Waals surface area contributed by atoms with Gasteiger partial charge in [0, 0.05) is 6.42 Å².